The van der Waals surface area contributed by atoms with Crippen LogP contribution in [0.1, 0.15) is 0 Å². The first kappa shape index (κ1) is 11.5. The number of carbonyl (C=O) groups is 2. The van der Waals surface area contributed by atoms with Gasteiger partial charge in [0.05, 0.1) is 12.4 Å². The van der Waals surface area contributed by atoms with Crippen LogP contribution in [0.4, 0.5) is 10.5 Å². The number of nitrogens with one attached hydrogen (secondary N) is 1. The number of nitrogens with zero attached hydrogens (tertiary/aromatic N) is 1. The third-order valence-corrected chi connectivity index (χ3v) is 3.46. The number of anilines is 1. The molecule has 1 N–H and O–H groups in total. The molecule has 0 aromatic heterocycles. The summed E-state index contributed by atoms with van der Waals surface area (Å²) in [4.78, 5) is 23.8. The van der Waals surface area contributed by atoms with Crippen molar-refractivity contribution in [1.82, 2.24) is 4.90 Å². The Kier molecular flexibility index (Phi) is 3.50. The second-order valence-corrected chi connectivity index (χ2v) is 5.06. The molecule has 4 nitrogen and oxygen atoms in total. The molecule has 0 unspecified atom stereocenters. The van der Waals surface area contributed by atoms with E-state index in [4.69, 9.17) is 0 Å². The van der Waals surface area contributed by atoms with Gasteiger partial charge >= 0.3 is 0 Å². The first-order chi connectivity index (χ1) is 7.66. The summed E-state index contributed by atoms with van der Waals surface area (Å²) in [6.07, 6.45) is 0. The Bertz CT molecular complexity index is 423. The fourth-order valence-electron chi connectivity index (χ4n) is 1.30. The highest BCUT2D eigenvalue weighted by Crippen LogP contribution is 2.20. The second kappa shape index (κ2) is 4.88. The van der Waals surface area contributed by atoms with Gasteiger partial charge in [-0.05, 0) is 18.2 Å². The predicted octanol–water partition coefficient (Wildman–Crippen LogP) is 2.51. The predicted molar refractivity (Wildman–Crippen MR) is 67.3 cm³/mol. The van der Waals surface area contributed by atoms with Crippen molar-refractivity contribution in [2.75, 3.05) is 17.7 Å². The molecule has 0 aliphatic carbocycles. The quantitative estimate of drug-likeness (QED) is 0.932. The number of carbonyl (C=O) groups excluding carboxylic acids is 2. The molecule has 0 spiro atoms. The smallest absolute Gasteiger partial charge is 0.290 e. The topological polar surface area (TPSA) is 49.4 Å². The monoisotopic (exact) mass is 300 g/mol. The molecule has 1 aromatic carbocycles. The molecule has 0 saturated carbocycles. The molecule has 16 heavy (non-hydrogen) atoms. The van der Waals surface area contributed by atoms with Gasteiger partial charge < -0.3 is 5.32 Å². The average Bonchev–Trinajstić information content (AvgIpc) is 2.56. The SMILES string of the molecule is O=C1CSC(=O)N1CNc1cccc(Br)c1. The molecule has 84 valence electrons. The Morgan fingerprint density at radius 1 is 1.44 bits per heavy atom. The van der Waals surface area contributed by atoms with Crippen LogP contribution in [-0.4, -0.2) is 28.5 Å². The summed E-state index contributed by atoms with van der Waals surface area (Å²) in [5.74, 6) is 0.108. The van der Waals surface area contributed by atoms with Crippen molar-refractivity contribution in [3.8, 4) is 0 Å². The molecule has 1 aliphatic rings. The number of rotatable bonds is 3. The van der Waals surface area contributed by atoms with Gasteiger partial charge in [-0.1, -0.05) is 33.8 Å². The summed E-state index contributed by atoms with van der Waals surface area (Å²) in [7, 11) is 0. The fraction of sp³-hybridized carbons (Fsp3) is 0.200. The molecule has 6 heteroatoms. The van der Waals surface area contributed by atoms with Gasteiger partial charge in [-0.25, -0.2) is 0 Å². The summed E-state index contributed by atoms with van der Waals surface area (Å²) in [5.41, 5.74) is 0.867. The van der Waals surface area contributed by atoms with E-state index in [1.807, 2.05) is 24.3 Å². The molecule has 0 atom stereocenters. The van der Waals surface area contributed by atoms with Crippen LogP contribution >= 0.6 is 27.7 Å². The van der Waals surface area contributed by atoms with E-state index in [2.05, 4.69) is 21.2 Å². The van der Waals surface area contributed by atoms with Gasteiger partial charge in [0, 0.05) is 10.2 Å². The van der Waals surface area contributed by atoms with Crippen molar-refractivity contribution < 1.29 is 9.59 Å². The minimum Gasteiger partial charge on any atom is -0.367 e. The van der Waals surface area contributed by atoms with E-state index >= 15 is 0 Å². The van der Waals surface area contributed by atoms with Gasteiger partial charge in [-0.3, -0.25) is 14.5 Å². The number of thioether (sulfide) groups is 1. The number of imide groups is 1. The molecule has 0 bridgehead atoms. The molecule has 1 saturated heterocycles. The van der Waals surface area contributed by atoms with Crippen molar-refractivity contribution in [1.29, 1.82) is 0 Å². The Morgan fingerprint density at radius 2 is 2.25 bits per heavy atom. The lowest BCUT2D eigenvalue weighted by Gasteiger charge is -2.14. The van der Waals surface area contributed by atoms with Crippen LogP contribution in [0.2, 0.25) is 0 Å². The zero-order valence-electron chi connectivity index (χ0n) is 8.27. The lowest BCUT2D eigenvalue weighted by Crippen LogP contribution is -2.33. The molecule has 1 fully saturated rings. The summed E-state index contributed by atoms with van der Waals surface area (Å²) < 4.78 is 0.950. The summed E-state index contributed by atoms with van der Waals surface area (Å²) >= 11 is 4.39. The second-order valence-electron chi connectivity index (χ2n) is 3.22. The highest BCUT2D eigenvalue weighted by molar-refractivity contribution is 9.10. The summed E-state index contributed by atoms with van der Waals surface area (Å²) in [6, 6.07) is 7.56. The van der Waals surface area contributed by atoms with Gasteiger partial charge in [0.15, 0.2) is 0 Å². The Balaban J connectivity index is 1.97. The average molecular weight is 301 g/mol. The Morgan fingerprint density at radius 3 is 2.88 bits per heavy atom. The molecule has 0 radical (unpaired) electrons. The van der Waals surface area contributed by atoms with Gasteiger partial charge in [0.2, 0.25) is 5.91 Å². The Labute approximate surface area is 106 Å². The minimum absolute atomic E-state index is 0.141. The lowest BCUT2D eigenvalue weighted by atomic mass is 10.3. The van der Waals surface area contributed by atoms with Crippen molar-refractivity contribution in [2.24, 2.45) is 0 Å². The number of hydrogen-bond donors (Lipinski definition) is 1. The highest BCUT2D eigenvalue weighted by atomic mass is 79.9. The van der Waals surface area contributed by atoms with Crippen LogP contribution in [-0.2, 0) is 4.79 Å². The largest absolute Gasteiger partial charge is 0.367 e. The van der Waals surface area contributed by atoms with E-state index in [1.54, 1.807) is 0 Å². The van der Waals surface area contributed by atoms with Gasteiger partial charge in [0.25, 0.3) is 5.24 Å². The van der Waals surface area contributed by atoms with E-state index in [-0.39, 0.29) is 23.6 Å². The molecule has 1 aliphatic heterocycles. The summed E-state index contributed by atoms with van der Waals surface area (Å²) in [5, 5.41) is 2.84. The molecule has 1 aromatic rings. The number of halogens is 1. The highest BCUT2D eigenvalue weighted by Gasteiger charge is 2.29. The van der Waals surface area contributed by atoms with Crippen LogP contribution in [0.3, 0.4) is 0 Å². The van der Waals surface area contributed by atoms with Crippen molar-refractivity contribution in [2.45, 2.75) is 0 Å². The van der Waals surface area contributed by atoms with E-state index in [9.17, 15) is 9.59 Å². The van der Waals surface area contributed by atoms with E-state index in [0.717, 1.165) is 21.9 Å². The molecule has 2 amide bonds. The third kappa shape index (κ3) is 2.56. The van der Waals surface area contributed by atoms with Crippen LogP contribution in [0.25, 0.3) is 0 Å². The van der Waals surface area contributed by atoms with Gasteiger partial charge in [-0.2, -0.15) is 0 Å². The third-order valence-electron chi connectivity index (χ3n) is 2.11. The lowest BCUT2D eigenvalue weighted by molar-refractivity contribution is -0.124. The first-order valence-corrected chi connectivity index (χ1v) is 6.41. The molecule has 1 heterocycles. The first-order valence-electron chi connectivity index (χ1n) is 4.63. The van der Waals surface area contributed by atoms with Crippen LogP contribution < -0.4 is 5.32 Å². The minimum atomic E-state index is -0.188. The zero-order chi connectivity index (χ0) is 11.5. The van der Waals surface area contributed by atoms with Crippen LogP contribution in [0.15, 0.2) is 28.7 Å². The van der Waals surface area contributed by atoms with Gasteiger partial charge in [0.1, 0.15) is 0 Å². The van der Waals surface area contributed by atoms with Crippen LogP contribution in [0.5, 0.6) is 0 Å². The van der Waals surface area contributed by atoms with E-state index < -0.39 is 0 Å². The van der Waals surface area contributed by atoms with E-state index in [0.29, 0.717) is 0 Å². The fourth-order valence-corrected chi connectivity index (χ4v) is 2.43. The van der Waals surface area contributed by atoms with Crippen molar-refractivity contribution >= 4 is 44.5 Å². The van der Waals surface area contributed by atoms with Crippen molar-refractivity contribution in [3.63, 3.8) is 0 Å². The van der Waals surface area contributed by atoms with E-state index in [1.165, 1.54) is 4.90 Å². The zero-order valence-corrected chi connectivity index (χ0v) is 10.7. The maximum atomic E-state index is 11.3. The standard InChI is InChI=1S/C10H9BrN2O2S/c11-7-2-1-3-8(4-7)12-6-13-9(14)5-16-10(13)15/h1-4,12H,5-6H2. The van der Waals surface area contributed by atoms with Crippen molar-refractivity contribution in [3.05, 3.63) is 28.7 Å². The molecule has 2 rings (SSSR count). The molecular formula is C10H9BrN2O2S. The Hall–Kier alpha value is -1.01. The number of benzene rings is 1. The maximum Gasteiger partial charge on any atom is 0.290 e. The number of amides is 2. The van der Waals surface area contributed by atoms with Crippen LogP contribution in [0, 0.1) is 0 Å². The van der Waals surface area contributed by atoms with Gasteiger partial charge in [-0.15, -0.1) is 0 Å². The number of hydrogen-bond acceptors (Lipinski definition) is 4. The summed E-state index contributed by atoms with van der Waals surface area (Å²) in [6.45, 7) is 0.223. The normalized spacial score (nSPS) is 15.7. The maximum absolute atomic E-state index is 11.3. The molecular weight excluding hydrogens is 292 g/mol.